The molecule has 0 fully saturated rings. The first-order valence-electron chi connectivity index (χ1n) is 13.0. The highest BCUT2D eigenvalue weighted by Crippen LogP contribution is 2.29. The molecule has 40 heavy (non-hydrogen) atoms. The second kappa shape index (κ2) is 12.2. The van der Waals surface area contributed by atoms with E-state index in [1.807, 2.05) is 78.9 Å². The minimum atomic E-state index is -0.422. The predicted molar refractivity (Wildman–Crippen MR) is 154 cm³/mol. The van der Waals surface area contributed by atoms with E-state index in [0.29, 0.717) is 23.7 Å². The van der Waals surface area contributed by atoms with Crippen LogP contribution < -0.4 is 10.1 Å². The third kappa shape index (κ3) is 6.50. The lowest BCUT2D eigenvalue weighted by Crippen LogP contribution is -2.14. The van der Waals surface area contributed by atoms with Crippen molar-refractivity contribution in [1.29, 1.82) is 0 Å². The molecule has 0 atom stereocenters. The number of carbonyl (C=O) groups is 3. The number of anilines is 1. The molecule has 4 aromatic rings. The number of ketones is 1. The summed E-state index contributed by atoms with van der Waals surface area (Å²) < 4.78 is 10.2. The molecule has 0 bridgehead atoms. The molecule has 1 amide bonds. The number of carbonyl (C=O) groups excluding carboxylic acids is 3. The molecule has 1 N–H and O–H groups in total. The fourth-order valence-electron chi connectivity index (χ4n) is 4.47. The molecule has 200 valence electrons. The number of amides is 1. The number of Topliss-reactive ketones (excluding diaryl/α,β-unsaturated/α-hetero) is 1. The number of esters is 1. The Labute approximate surface area is 232 Å². The molecule has 0 aliphatic carbocycles. The lowest BCUT2D eigenvalue weighted by atomic mass is 10.0. The summed E-state index contributed by atoms with van der Waals surface area (Å²) >= 11 is 0. The monoisotopic (exact) mass is 532 g/mol. The molecule has 5 rings (SSSR count). The fourth-order valence-corrected chi connectivity index (χ4v) is 4.47. The van der Waals surface area contributed by atoms with Crippen molar-refractivity contribution < 1.29 is 23.9 Å². The summed E-state index contributed by atoms with van der Waals surface area (Å²) in [6.07, 6.45) is 3.97. The van der Waals surface area contributed by atoms with Crippen LogP contribution in [0.15, 0.2) is 91.0 Å². The Morgan fingerprint density at radius 1 is 0.900 bits per heavy atom. The van der Waals surface area contributed by atoms with Gasteiger partial charge in [-0.3, -0.25) is 9.59 Å². The number of hydrogen-bond donors (Lipinski definition) is 1. The summed E-state index contributed by atoms with van der Waals surface area (Å²) in [4.78, 5) is 41.7. The molecule has 0 unspecified atom stereocenters. The van der Waals surface area contributed by atoms with E-state index in [0.717, 1.165) is 40.0 Å². The van der Waals surface area contributed by atoms with Crippen molar-refractivity contribution >= 4 is 29.6 Å². The standard InChI is InChI=1S/C33H28N2O5/c1-39-33(38)16-9-22-7-10-23(11-8-22)27-20-28(24-5-3-2-4-6-24)34-31(21-27)35-32(37)15-13-29(36)25-12-14-30-26(19-25)17-18-40-30/h2-12,14,16,19-21H,13,15,17-18H2,1H3,(H,34,35,37)/b16-9+. The average molecular weight is 533 g/mol. The van der Waals surface area contributed by atoms with Crippen LogP contribution in [0.2, 0.25) is 0 Å². The SMILES string of the molecule is COC(=O)/C=C/c1ccc(-c2cc(NC(=O)CCC(=O)c3ccc4c(c3)CCO4)nc(-c3ccccc3)c2)cc1. The molecule has 2 heterocycles. The summed E-state index contributed by atoms with van der Waals surface area (Å²) in [5, 5.41) is 2.88. The van der Waals surface area contributed by atoms with Crippen molar-refractivity contribution in [3.8, 4) is 28.1 Å². The zero-order valence-corrected chi connectivity index (χ0v) is 22.1. The number of benzene rings is 3. The Kier molecular flexibility index (Phi) is 8.11. The Morgan fingerprint density at radius 2 is 1.70 bits per heavy atom. The summed E-state index contributed by atoms with van der Waals surface area (Å²) in [5.41, 5.74) is 5.86. The third-order valence-corrected chi connectivity index (χ3v) is 6.61. The summed E-state index contributed by atoms with van der Waals surface area (Å²) in [7, 11) is 1.34. The maximum absolute atomic E-state index is 12.9. The summed E-state index contributed by atoms with van der Waals surface area (Å²) in [6, 6.07) is 26.6. The van der Waals surface area contributed by atoms with E-state index >= 15 is 0 Å². The Bertz CT molecular complexity index is 1580. The van der Waals surface area contributed by atoms with E-state index < -0.39 is 5.97 Å². The Hall–Kier alpha value is -5.04. The molecule has 1 aliphatic rings. The van der Waals surface area contributed by atoms with Gasteiger partial charge in [-0.2, -0.15) is 0 Å². The van der Waals surface area contributed by atoms with Crippen molar-refractivity contribution in [2.24, 2.45) is 0 Å². The van der Waals surface area contributed by atoms with E-state index in [-0.39, 0.29) is 24.5 Å². The van der Waals surface area contributed by atoms with E-state index in [9.17, 15) is 14.4 Å². The van der Waals surface area contributed by atoms with Gasteiger partial charge >= 0.3 is 5.97 Å². The first-order valence-corrected chi connectivity index (χ1v) is 13.0. The molecular formula is C33H28N2O5. The van der Waals surface area contributed by atoms with Gasteiger partial charge in [0, 0.05) is 36.5 Å². The fraction of sp³-hybridized carbons (Fsp3) is 0.152. The van der Waals surface area contributed by atoms with Crippen molar-refractivity contribution in [2.45, 2.75) is 19.3 Å². The van der Waals surface area contributed by atoms with Gasteiger partial charge in [0.1, 0.15) is 11.6 Å². The topological polar surface area (TPSA) is 94.6 Å². The molecule has 0 spiro atoms. The molecule has 0 saturated carbocycles. The van der Waals surface area contributed by atoms with E-state index in [2.05, 4.69) is 15.0 Å². The van der Waals surface area contributed by atoms with Crippen LogP contribution >= 0.6 is 0 Å². The van der Waals surface area contributed by atoms with Crippen LogP contribution in [0.4, 0.5) is 5.82 Å². The van der Waals surface area contributed by atoms with Crippen LogP contribution in [0.25, 0.3) is 28.5 Å². The van der Waals surface area contributed by atoms with Crippen molar-refractivity contribution in [3.63, 3.8) is 0 Å². The normalized spacial score (nSPS) is 12.0. The molecule has 7 nitrogen and oxygen atoms in total. The largest absolute Gasteiger partial charge is 0.493 e. The van der Waals surface area contributed by atoms with Gasteiger partial charge in [-0.15, -0.1) is 0 Å². The highest BCUT2D eigenvalue weighted by Gasteiger charge is 2.16. The zero-order chi connectivity index (χ0) is 27.9. The van der Waals surface area contributed by atoms with Crippen LogP contribution in [0.3, 0.4) is 0 Å². The number of nitrogens with zero attached hydrogens (tertiary/aromatic N) is 1. The molecule has 7 heteroatoms. The van der Waals surface area contributed by atoms with Crippen LogP contribution in [-0.2, 0) is 20.7 Å². The van der Waals surface area contributed by atoms with E-state index in [1.54, 1.807) is 12.1 Å². The Morgan fingerprint density at radius 3 is 2.48 bits per heavy atom. The van der Waals surface area contributed by atoms with Gasteiger partial charge in [-0.1, -0.05) is 54.6 Å². The quantitative estimate of drug-likeness (QED) is 0.158. The number of pyridine rings is 1. The highest BCUT2D eigenvalue weighted by atomic mass is 16.5. The second-order valence-corrected chi connectivity index (χ2v) is 9.36. The van der Waals surface area contributed by atoms with Crippen molar-refractivity contribution in [3.05, 3.63) is 108 Å². The molecule has 1 aromatic heterocycles. The van der Waals surface area contributed by atoms with Crippen molar-refractivity contribution in [1.82, 2.24) is 4.98 Å². The van der Waals surface area contributed by atoms with Crippen LogP contribution in [-0.4, -0.2) is 36.4 Å². The van der Waals surface area contributed by atoms with Gasteiger partial charge in [0.2, 0.25) is 5.91 Å². The number of rotatable bonds is 9. The first kappa shape index (κ1) is 26.6. The maximum atomic E-state index is 12.9. The highest BCUT2D eigenvalue weighted by molar-refractivity contribution is 6.00. The average Bonchev–Trinajstić information content (AvgIpc) is 3.47. The second-order valence-electron chi connectivity index (χ2n) is 9.36. The number of ether oxygens (including phenoxy) is 2. The lowest BCUT2D eigenvalue weighted by molar-refractivity contribution is -0.134. The number of nitrogens with one attached hydrogen (secondary N) is 1. The van der Waals surface area contributed by atoms with Crippen LogP contribution in [0.5, 0.6) is 5.75 Å². The van der Waals surface area contributed by atoms with Gasteiger partial charge < -0.3 is 14.8 Å². The predicted octanol–water partition coefficient (Wildman–Crippen LogP) is 6.14. The van der Waals surface area contributed by atoms with E-state index in [4.69, 9.17) is 4.74 Å². The van der Waals surface area contributed by atoms with E-state index in [1.165, 1.54) is 13.2 Å². The van der Waals surface area contributed by atoms with Crippen LogP contribution in [0.1, 0.15) is 34.3 Å². The van der Waals surface area contributed by atoms with Gasteiger partial charge in [0.25, 0.3) is 0 Å². The zero-order valence-electron chi connectivity index (χ0n) is 22.1. The summed E-state index contributed by atoms with van der Waals surface area (Å²) in [6.45, 7) is 0.628. The molecule has 3 aromatic carbocycles. The van der Waals surface area contributed by atoms with Crippen LogP contribution in [0, 0.1) is 0 Å². The minimum absolute atomic E-state index is 0.0419. The van der Waals surface area contributed by atoms with Gasteiger partial charge in [0.15, 0.2) is 5.78 Å². The maximum Gasteiger partial charge on any atom is 0.330 e. The van der Waals surface area contributed by atoms with Gasteiger partial charge in [-0.25, -0.2) is 9.78 Å². The molecule has 0 radical (unpaired) electrons. The van der Waals surface area contributed by atoms with Gasteiger partial charge in [-0.05, 0) is 58.7 Å². The number of hydrogen-bond acceptors (Lipinski definition) is 6. The first-order chi connectivity index (χ1) is 19.5. The number of aromatic nitrogens is 1. The smallest absolute Gasteiger partial charge is 0.330 e. The molecular weight excluding hydrogens is 504 g/mol. The molecule has 1 aliphatic heterocycles. The van der Waals surface area contributed by atoms with Gasteiger partial charge in [0.05, 0.1) is 19.4 Å². The lowest BCUT2D eigenvalue weighted by Gasteiger charge is -2.11. The number of methoxy groups -OCH3 is 1. The van der Waals surface area contributed by atoms with Crippen molar-refractivity contribution in [2.75, 3.05) is 19.0 Å². The Balaban J connectivity index is 1.32. The minimum Gasteiger partial charge on any atom is -0.493 e. The third-order valence-electron chi connectivity index (χ3n) is 6.61. The summed E-state index contributed by atoms with van der Waals surface area (Å²) in [5.74, 6) is 0.428. The molecule has 0 saturated heterocycles. The number of fused-ring (bicyclic) bond motifs is 1.